The molecule has 1 aromatic carbocycles. The van der Waals surface area contributed by atoms with E-state index in [0.29, 0.717) is 0 Å². The number of nitrogen functional groups attached to an aromatic ring is 1. The molecular formula is C13H15BrN4O. The number of aromatic nitrogens is 2. The third-order valence-corrected chi connectivity index (χ3v) is 3.24. The Kier molecular flexibility index (Phi) is 4.21. The van der Waals surface area contributed by atoms with Gasteiger partial charge in [0, 0.05) is 19.8 Å². The molecule has 19 heavy (non-hydrogen) atoms. The highest BCUT2D eigenvalue weighted by atomic mass is 79.9. The number of halogens is 1. The Bertz CT molecular complexity index is 559. The molecule has 0 aliphatic heterocycles. The molecule has 0 bridgehead atoms. The SMILES string of the molecule is COc1ccc(CN(C)c2nc(N)ncc2Br)cc1. The van der Waals surface area contributed by atoms with Crippen LogP contribution in [0.4, 0.5) is 11.8 Å². The molecule has 2 rings (SSSR count). The lowest BCUT2D eigenvalue weighted by Gasteiger charge is -2.19. The lowest BCUT2D eigenvalue weighted by atomic mass is 10.2. The fraction of sp³-hybridized carbons (Fsp3) is 0.231. The van der Waals surface area contributed by atoms with E-state index in [4.69, 9.17) is 10.5 Å². The molecule has 0 saturated heterocycles. The summed E-state index contributed by atoms with van der Waals surface area (Å²) >= 11 is 3.42. The van der Waals surface area contributed by atoms with Crippen molar-refractivity contribution in [2.75, 3.05) is 24.8 Å². The van der Waals surface area contributed by atoms with Crippen LogP contribution < -0.4 is 15.4 Å². The van der Waals surface area contributed by atoms with Gasteiger partial charge in [-0.1, -0.05) is 12.1 Å². The van der Waals surface area contributed by atoms with Crippen molar-refractivity contribution in [1.29, 1.82) is 0 Å². The molecule has 0 saturated carbocycles. The number of methoxy groups -OCH3 is 1. The second-order valence-electron chi connectivity index (χ2n) is 4.10. The smallest absolute Gasteiger partial charge is 0.222 e. The fourth-order valence-corrected chi connectivity index (χ4v) is 2.21. The highest BCUT2D eigenvalue weighted by Gasteiger charge is 2.09. The number of rotatable bonds is 4. The van der Waals surface area contributed by atoms with Crippen molar-refractivity contribution in [2.24, 2.45) is 0 Å². The maximum atomic E-state index is 5.61. The second kappa shape index (κ2) is 5.88. The van der Waals surface area contributed by atoms with E-state index in [1.54, 1.807) is 13.3 Å². The minimum Gasteiger partial charge on any atom is -0.497 e. The first-order valence-electron chi connectivity index (χ1n) is 5.72. The van der Waals surface area contributed by atoms with Crippen LogP contribution in [0.3, 0.4) is 0 Å². The van der Waals surface area contributed by atoms with Crippen molar-refractivity contribution < 1.29 is 4.74 Å². The van der Waals surface area contributed by atoms with Gasteiger partial charge in [-0.05, 0) is 33.6 Å². The van der Waals surface area contributed by atoms with Gasteiger partial charge in [-0.3, -0.25) is 0 Å². The summed E-state index contributed by atoms with van der Waals surface area (Å²) in [6.45, 7) is 0.721. The number of ether oxygens (including phenoxy) is 1. The summed E-state index contributed by atoms with van der Waals surface area (Å²) in [5.41, 5.74) is 6.77. The molecular weight excluding hydrogens is 308 g/mol. The first kappa shape index (κ1) is 13.6. The summed E-state index contributed by atoms with van der Waals surface area (Å²) in [4.78, 5) is 10.2. The van der Waals surface area contributed by atoms with Crippen molar-refractivity contribution in [1.82, 2.24) is 9.97 Å². The first-order chi connectivity index (χ1) is 9.10. The maximum absolute atomic E-state index is 5.61. The largest absolute Gasteiger partial charge is 0.497 e. The van der Waals surface area contributed by atoms with Gasteiger partial charge >= 0.3 is 0 Å². The molecule has 0 atom stereocenters. The van der Waals surface area contributed by atoms with Crippen LogP contribution in [0.25, 0.3) is 0 Å². The number of nitrogens with two attached hydrogens (primary N) is 1. The van der Waals surface area contributed by atoms with Crippen LogP contribution in [0.1, 0.15) is 5.56 Å². The predicted molar refractivity (Wildman–Crippen MR) is 79.2 cm³/mol. The van der Waals surface area contributed by atoms with Gasteiger partial charge in [0.1, 0.15) is 11.6 Å². The van der Waals surface area contributed by atoms with E-state index >= 15 is 0 Å². The Balaban J connectivity index is 2.15. The van der Waals surface area contributed by atoms with Crippen LogP contribution in [0, 0.1) is 0 Å². The summed E-state index contributed by atoms with van der Waals surface area (Å²) in [6.07, 6.45) is 1.65. The van der Waals surface area contributed by atoms with Crippen LogP contribution in [0.5, 0.6) is 5.75 Å². The van der Waals surface area contributed by atoms with E-state index in [0.717, 1.165) is 28.1 Å². The topological polar surface area (TPSA) is 64.3 Å². The van der Waals surface area contributed by atoms with Crippen LogP contribution >= 0.6 is 15.9 Å². The molecule has 6 heteroatoms. The summed E-state index contributed by atoms with van der Waals surface area (Å²) in [5, 5.41) is 0. The van der Waals surface area contributed by atoms with Crippen LogP contribution in [0.2, 0.25) is 0 Å². The third-order valence-electron chi connectivity index (χ3n) is 2.68. The average molecular weight is 323 g/mol. The molecule has 5 nitrogen and oxygen atoms in total. The molecule has 100 valence electrons. The molecule has 0 unspecified atom stereocenters. The number of hydrogen-bond donors (Lipinski definition) is 1. The Labute approximate surface area is 120 Å². The third kappa shape index (κ3) is 3.35. The minimum absolute atomic E-state index is 0.264. The van der Waals surface area contributed by atoms with Crippen LogP contribution in [-0.4, -0.2) is 24.1 Å². The summed E-state index contributed by atoms with van der Waals surface area (Å²) in [7, 11) is 3.61. The Morgan fingerprint density at radius 1 is 1.32 bits per heavy atom. The molecule has 0 amide bonds. The predicted octanol–water partition coefficient (Wildman–Crippen LogP) is 2.47. The number of benzene rings is 1. The zero-order valence-corrected chi connectivity index (χ0v) is 12.4. The quantitative estimate of drug-likeness (QED) is 0.936. The monoisotopic (exact) mass is 322 g/mol. The number of nitrogens with zero attached hydrogens (tertiary/aromatic N) is 3. The maximum Gasteiger partial charge on any atom is 0.222 e. The van der Waals surface area contributed by atoms with Gasteiger partial charge in [-0.2, -0.15) is 4.98 Å². The van der Waals surface area contributed by atoms with Gasteiger partial charge in [-0.15, -0.1) is 0 Å². The zero-order chi connectivity index (χ0) is 13.8. The standard InChI is InChI=1S/C13H15BrN4O/c1-18(12-11(14)7-16-13(15)17-12)8-9-3-5-10(19-2)6-4-9/h3-7H,8H2,1-2H3,(H2,15,16,17). The van der Waals surface area contributed by atoms with Crippen molar-refractivity contribution in [3.63, 3.8) is 0 Å². The summed E-state index contributed by atoms with van der Waals surface area (Å²) < 4.78 is 5.95. The van der Waals surface area contributed by atoms with Gasteiger partial charge in [0.15, 0.2) is 0 Å². The molecule has 0 aliphatic rings. The molecule has 0 fully saturated rings. The minimum atomic E-state index is 0.264. The van der Waals surface area contributed by atoms with Gasteiger partial charge in [-0.25, -0.2) is 4.98 Å². The fourth-order valence-electron chi connectivity index (χ4n) is 1.72. The molecule has 0 radical (unpaired) electrons. The molecule has 1 heterocycles. The molecule has 2 N–H and O–H groups in total. The number of anilines is 2. The summed E-state index contributed by atoms with van der Waals surface area (Å²) in [6, 6.07) is 7.92. The van der Waals surface area contributed by atoms with E-state index in [9.17, 15) is 0 Å². The van der Waals surface area contributed by atoms with Crippen molar-refractivity contribution in [3.8, 4) is 5.75 Å². The van der Waals surface area contributed by atoms with Crippen molar-refractivity contribution >= 4 is 27.7 Å². The van der Waals surface area contributed by atoms with E-state index < -0.39 is 0 Å². The van der Waals surface area contributed by atoms with Crippen molar-refractivity contribution in [3.05, 3.63) is 40.5 Å². The van der Waals surface area contributed by atoms with E-state index in [1.165, 1.54) is 0 Å². The molecule has 0 spiro atoms. The molecule has 1 aromatic heterocycles. The van der Waals surface area contributed by atoms with E-state index in [-0.39, 0.29) is 5.95 Å². The number of hydrogen-bond acceptors (Lipinski definition) is 5. The Morgan fingerprint density at radius 3 is 2.63 bits per heavy atom. The lowest BCUT2D eigenvalue weighted by molar-refractivity contribution is 0.414. The summed E-state index contributed by atoms with van der Waals surface area (Å²) in [5.74, 6) is 1.88. The van der Waals surface area contributed by atoms with Gasteiger partial charge in [0.05, 0.1) is 11.6 Å². The lowest BCUT2D eigenvalue weighted by Crippen LogP contribution is -2.19. The normalized spacial score (nSPS) is 10.3. The first-order valence-corrected chi connectivity index (χ1v) is 6.51. The molecule has 0 aliphatic carbocycles. The van der Waals surface area contributed by atoms with Crippen molar-refractivity contribution in [2.45, 2.75) is 6.54 Å². The van der Waals surface area contributed by atoms with Gasteiger partial charge < -0.3 is 15.4 Å². The second-order valence-corrected chi connectivity index (χ2v) is 4.96. The van der Waals surface area contributed by atoms with E-state index in [1.807, 2.05) is 36.2 Å². The van der Waals surface area contributed by atoms with Gasteiger partial charge in [0.2, 0.25) is 5.95 Å². The van der Waals surface area contributed by atoms with Gasteiger partial charge in [0.25, 0.3) is 0 Å². The molecule has 2 aromatic rings. The van der Waals surface area contributed by atoms with Crippen LogP contribution in [0.15, 0.2) is 34.9 Å². The Morgan fingerprint density at radius 2 is 2.00 bits per heavy atom. The van der Waals surface area contributed by atoms with Crippen LogP contribution in [-0.2, 0) is 6.54 Å². The highest BCUT2D eigenvalue weighted by molar-refractivity contribution is 9.10. The van der Waals surface area contributed by atoms with E-state index in [2.05, 4.69) is 25.9 Å². The zero-order valence-electron chi connectivity index (χ0n) is 10.8. The average Bonchev–Trinajstić information content (AvgIpc) is 2.42. The highest BCUT2D eigenvalue weighted by Crippen LogP contribution is 2.24. The Hall–Kier alpha value is -1.82.